The van der Waals surface area contributed by atoms with Crippen molar-refractivity contribution in [3.63, 3.8) is 0 Å². The number of hydrogen-bond donors (Lipinski definition) is 0. The second-order valence-corrected chi connectivity index (χ2v) is 14.2. The summed E-state index contributed by atoms with van der Waals surface area (Å²) in [6.07, 6.45) is 0. The molecule has 1 nitrogen and oxygen atoms in total. The Morgan fingerprint density at radius 2 is 1.04 bits per heavy atom. The maximum absolute atomic E-state index is 2.49. The van der Waals surface area contributed by atoms with Gasteiger partial charge in [0.15, 0.2) is 0 Å². The molecule has 10 aromatic rings. The molecule has 3 heteroatoms. The molecule has 0 N–H and O–H groups in total. The van der Waals surface area contributed by atoms with Crippen LogP contribution in [0.25, 0.3) is 73.0 Å². The van der Waals surface area contributed by atoms with Crippen molar-refractivity contribution in [3.8, 4) is 11.1 Å². The van der Waals surface area contributed by atoms with Crippen LogP contribution in [0.2, 0.25) is 0 Å². The number of hydrogen-bond acceptors (Lipinski definition) is 3. The summed E-state index contributed by atoms with van der Waals surface area (Å²) in [5.74, 6) is 0. The Kier molecular flexibility index (Phi) is 5.98. The second kappa shape index (κ2) is 10.5. The summed E-state index contributed by atoms with van der Waals surface area (Å²) in [5.41, 5.74) is 5.92. The van der Waals surface area contributed by atoms with Gasteiger partial charge in [0.1, 0.15) is 0 Å². The smallest absolute Gasteiger partial charge is 0.0646 e. The molecule has 0 aliphatic heterocycles. The Morgan fingerprint density at radius 3 is 1.94 bits per heavy atom. The second-order valence-electron chi connectivity index (χ2n) is 12.1. The van der Waals surface area contributed by atoms with Gasteiger partial charge < -0.3 is 4.90 Å². The lowest BCUT2D eigenvalue weighted by Crippen LogP contribution is -2.10. The lowest BCUT2D eigenvalue weighted by molar-refractivity contribution is 1.31. The molecule has 220 valence electrons. The number of anilines is 3. The Hall–Kier alpha value is -5.48. The Labute approximate surface area is 280 Å². The summed E-state index contributed by atoms with van der Waals surface area (Å²) in [6, 6.07) is 60.1. The highest BCUT2D eigenvalue weighted by Gasteiger charge is 2.22. The van der Waals surface area contributed by atoms with Gasteiger partial charge in [-0.05, 0) is 75.1 Å². The third-order valence-electron chi connectivity index (χ3n) is 9.41. The van der Waals surface area contributed by atoms with Crippen LogP contribution in [-0.4, -0.2) is 0 Å². The van der Waals surface area contributed by atoms with Gasteiger partial charge in [0.25, 0.3) is 0 Å². The summed E-state index contributed by atoms with van der Waals surface area (Å²) in [6.45, 7) is 0. The van der Waals surface area contributed by atoms with Gasteiger partial charge in [-0.3, -0.25) is 0 Å². The van der Waals surface area contributed by atoms with Crippen LogP contribution < -0.4 is 4.90 Å². The molecule has 0 bridgehead atoms. The standard InChI is InChI=1S/C44H27NS2/c1-2-11-28(12-3-1)30-15-10-16-32(25-30)45(33-22-24-41-38(27-33)36-23-21-29-13-4-7-18-35(29)43(36)46-41)39-26-31-14-5-6-17-34(31)42-37-19-8-9-20-40(37)47-44(39)42/h1-27H. The zero-order valence-electron chi connectivity index (χ0n) is 25.4. The average Bonchev–Trinajstić information content (AvgIpc) is 3.72. The molecule has 0 spiro atoms. The average molecular weight is 634 g/mol. The first-order valence-electron chi connectivity index (χ1n) is 15.9. The number of thiophene rings is 2. The number of nitrogens with zero attached hydrogens (tertiary/aromatic N) is 1. The third kappa shape index (κ3) is 4.21. The first-order chi connectivity index (χ1) is 23.3. The topological polar surface area (TPSA) is 3.24 Å². The molecule has 0 aliphatic rings. The number of benzene rings is 8. The van der Waals surface area contributed by atoms with E-state index < -0.39 is 0 Å². The van der Waals surface area contributed by atoms with Crippen LogP contribution in [0.4, 0.5) is 17.1 Å². The van der Waals surface area contributed by atoms with Gasteiger partial charge in [0.2, 0.25) is 0 Å². The van der Waals surface area contributed by atoms with Crippen LogP contribution in [0.3, 0.4) is 0 Å². The molecule has 8 aromatic carbocycles. The molecule has 10 rings (SSSR count). The van der Waals surface area contributed by atoms with Crippen LogP contribution >= 0.6 is 22.7 Å². The van der Waals surface area contributed by atoms with Crippen molar-refractivity contribution in [1.29, 1.82) is 0 Å². The fraction of sp³-hybridized carbons (Fsp3) is 0. The van der Waals surface area contributed by atoms with Gasteiger partial charge in [-0.25, -0.2) is 0 Å². The predicted octanol–water partition coefficient (Wildman–Crippen LogP) is 13.9. The highest BCUT2D eigenvalue weighted by molar-refractivity contribution is 7.27. The first-order valence-corrected chi connectivity index (χ1v) is 17.6. The fourth-order valence-corrected chi connectivity index (χ4v) is 9.68. The van der Waals surface area contributed by atoms with Crippen molar-refractivity contribution < 1.29 is 0 Å². The predicted molar refractivity (Wildman–Crippen MR) is 207 cm³/mol. The van der Waals surface area contributed by atoms with E-state index in [0.717, 1.165) is 11.4 Å². The molecule has 2 aromatic heterocycles. The van der Waals surface area contributed by atoms with Crippen LogP contribution in [0, 0.1) is 0 Å². The lowest BCUT2D eigenvalue weighted by Gasteiger charge is -2.27. The van der Waals surface area contributed by atoms with E-state index in [0.29, 0.717) is 0 Å². The summed E-state index contributed by atoms with van der Waals surface area (Å²) in [7, 11) is 0. The minimum atomic E-state index is 1.14. The van der Waals surface area contributed by atoms with Crippen molar-refractivity contribution in [2.24, 2.45) is 0 Å². The molecule has 0 saturated carbocycles. The Bertz CT molecular complexity index is 2810. The van der Waals surface area contributed by atoms with E-state index in [1.807, 2.05) is 22.7 Å². The Balaban J connectivity index is 1.29. The van der Waals surface area contributed by atoms with Crippen molar-refractivity contribution in [3.05, 3.63) is 164 Å². The fourth-order valence-electron chi connectivity index (χ4n) is 7.24. The summed E-state index contributed by atoms with van der Waals surface area (Å²) >= 11 is 3.78. The Morgan fingerprint density at radius 1 is 0.362 bits per heavy atom. The minimum absolute atomic E-state index is 1.14. The van der Waals surface area contributed by atoms with Gasteiger partial charge in [-0.15, -0.1) is 22.7 Å². The lowest BCUT2D eigenvalue weighted by atomic mass is 10.0. The monoisotopic (exact) mass is 633 g/mol. The largest absolute Gasteiger partial charge is 0.309 e. The molecule has 0 amide bonds. The van der Waals surface area contributed by atoms with Gasteiger partial charge in [0.05, 0.1) is 10.4 Å². The molecule has 0 saturated heterocycles. The zero-order chi connectivity index (χ0) is 30.9. The first kappa shape index (κ1) is 26.7. The van der Waals surface area contributed by atoms with E-state index in [4.69, 9.17) is 0 Å². The van der Waals surface area contributed by atoms with E-state index in [9.17, 15) is 0 Å². The quantitative estimate of drug-likeness (QED) is 0.186. The van der Waals surface area contributed by atoms with Crippen molar-refractivity contribution in [2.75, 3.05) is 4.90 Å². The third-order valence-corrected chi connectivity index (χ3v) is 11.8. The van der Waals surface area contributed by atoms with Gasteiger partial charge in [-0.2, -0.15) is 0 Å². The van der Waals surface area contributed by atoms with Crippen LogP contribution in [0.5, 0.6) is 0 Å². The maximum Gasteiger partial charge on any atom is 0.0646 e. The number of fused-ring (bicyclic) bond motifs is 10. The van der Waals surface area contributed by atoms with E-state index in [-0.39, 0.29) is 0 Å². The number of rotatable bonds is 4. The molecular formula is C44H27NS2. The van der Waals surface area contributed by atoms with Crippen molar-refractivity contribution >= 4 is 102 Å². The zero-order valence-corrected chi connectivity index (χ0v) is 27.0. The maximum atomic E-state index is 2.49. The minimum Gasteiger partial charge on any atom is -0.309 e. The molecule has 0 radical (unpaired) electrons. The SMILES string of the molecule is c1ccc(-c2cccc(N(c3ccc4sc5c6ccccc6ccc5c4c3)c3cc4ccccc4c4c3sc3ccccc34)c2)cc1. The van der Waals surface area contributed by atoms with E-state index in [1.54, 1.807) is 0 Å². The molecule has 0 atom stereocenters. The molecule has 0 unspecified atom stereocenters. The highest BCUT2D eigenvalue weighted by Crippen LogP contribution is 2.49. The highest BCUT2D eigenvalue weighted by atomic mass is 32.1. The van der Waals surface area contributed by atoms with Crippen LogP contribution in [0.15, 0.2) is 164 Å². The molecular weight excluding hydrogens is 607 g/mol. The molecule has 47 heavy (non-hydrogen) atoms. The van der Waals surface area contributed by atoms with Crippen molar-refractivity contribution in [2.45, 2.75) is 0 Å². The van der Waals surface area contributed by atoms with E-state index >= 15 is 0 Å². The van der Waals surface area contributed by atoms with E-state index in [2.05, 4.69) is 169 Å². The normalized spacial score (nSPS) is 11.8. The molecule has 2 heterocycles. The van der Waals surface area contributed by atoms with Crippen LogP contribution in [-0.2, 0) is 0 Å². The summed E-state index contributed by atoms with van der Waals surface area (Å²) < 4.78 is 5.27. The molecule has 0 aliphatic carbocycles. The van der Waals surface area contributed by atoms with Gasteiger partial charge >= 0.3 is 0 Å². The summed E-state index contributed by atoms with van der Waals surface area (Å²) in [5, 5.41) is 10.4. The van der Waals surface area contributed by atoms with Crippen LogP contribution in [0.1, 0.15) is 0 Å². The summed E-state index contributed by atoms with van der Waals surface area (Å²) in [4.78, 5) is 2.49. The molecule has 0 fully saturated rings. The van der Waals surface area contributed by atoms with Gasteiger partial charge in [-0.1, -0.05) is 121 Å². The van der Waals surface area contributed by atoms with E-state index in [1.165, 1.54) is 78.7 Å². The van der Waals surface area contributed by atoms with Gasteiger partial charge in [0, 0.05) is 47.0 Å². The van der Waals surface area contributed by atoms with Crippen molar-refractivity contribution in [1.82, 2.24) is 0 Å².